The van der Waals surface area contributed by atoms with E-state index in [4.69, 9.17) is 20.5 Å². The van der Waals surface area contributed by atoms with E-state index < -0.39 is 7.04 Å². The summed E-state index contributed by atoms with van der Waals surface area (Å²) < 4.78 is 26.9. The van der Waals surface area contributed by atoms with Crippen LogP contribution >= 0.6 is 27.5 Å². The minimum Gasteiger partial charge on any atom is -0.497 e. The highest BCUT2D eigenvalue weighted by Crippen LogP contribution is 2.24. The summed E-state index contributed by atoms with van der Waals surface area (Å²) in [6.07, 6.45) is 0.673. The van der Waals surface area contributed by atoms with E-state index >= 15 is 0 Å². The van der Waals surface area contributed by atoms with Gasteiger partial charge in [-0.15, -0.1) is 0 Å². The highest BCUT2D eigenvalue weighted by atomic mass is 79.9. The van der Waals surface area contributed by atoms with E-state index in [9.17, 15) is 0 Å². The second-order valence-corrected chi connectivity index (χ2v) is 4.98. The van der Waals surface area contributed by atoms with Gasteiger partial charge in [0.25, 0.3) is 0 Å². The molecule has 3 heteroatoms. The lowest BCUT2D eigenvalue weighted by Gasteiger charge is -2.06. The Morgan fingerprint density at radius 1 is 1.24 bits per heavy atom. The summed E-state index contributed by atoms with van der Waals surface area (Å²) in [5.41, 5.74) is 2.04. The maximum Gasteiger partial charge on any atom is 0.118 e. The van der Waals surface area contributed by atoms with Crippen LogP contribution < -0.4 is 4.74 Å². The molecule has 0 aliphatic rings. The van der Waals surface area contributed by atoms with Gasteiger partial charge in [0.1, 0.15) is 5.75 Å². The summed E-state index contributed by atoms with van der Waals surface area (Å²) in [5.74, 6) is 0.328. The highest BCUT2D eigenvalue weighted by Gasteiger charge is 2.03. The summed E-state index contributed by atoms with van der Waals surface area (Å²) >= 11 is 9.56. The Labute approximate surface area is 119 Å². The van der Waals surface area contributed by atoms with E-state index in [-0.39, 0.29) is 0 Å². The molecular formula is C14H12BrClO. The van der Waals surface area contributed by atoms with Crippen LogP contribution in [0.5, 0.6) is 5.75 Å². The van der Waals surface area contributed by atoms with Crippen molar-refractivity contribution in [1.82, 2.24) is 0 Å². The van der Waals surface area contributed by atoms with Crippen LogP contribution in [0.2, 0.25) is 5.02 Å². The second-order valence-electron chi connectivity index (χ2n) is 3.66. The molecule has 0 fully saturated rings. The lowest BCUT2D eigenvalue weighted by Crippen LogP contribution is -1.90. The van der Waals surface area contributed by atoms with Crippen molar-refractivity contribution in [3.8, 4) is 5.75 Å². The average molecular weight is 315 g/mol. The molecule has 0 saturated carbocycles. The average Bonchev–Trinajstić information content (AvgIpc) is 2.34. The summed E-state index contributed by atoms with van der Waals surface area (Å²) in [5, 5.41) is 0.705. The number of hydrogen-bond donors (Lipinski definition) is 0. The van der Waals surface area contributed by atoms with Gasteiger partial charge < -0.3 is 4.74 Å². The zero-order valence-electron chi connectivity index (χ0n) is 11.9. The fourth-order valence-corrected chi connectivity index (χ4v) is 2.17. The molecule has 0 saturated heterocycles. The van der Waals surface area contributed by atoms with Crippen molar-refractivity contribution in [3.05, 3.63) is 63.1 Å². The Bertz CT molecular complexity index is 596. The molecule has 2 aromatic carbocycles. The van der Waals surface area contributed by atoms with Crippen LogP contribution in [0.25, 0.3) is 0 Å². The van der Waals surface area contributed by atoms with Gasteiger partial charge >= 0.3 is 0 Å². The third kappa shape index (κ3) is 3.24. The first kappa shape index (κ1) is 9.01. The van der Waals surface area contributed by atoms with Crippen molar-refractivity contribution in [2.24, 2.45) is 0 Å². The molecule has 0 heterocycles. The smallest absolute Gasteiger partial charge is 0.118 e. The van der Waals surface area contributed by atoms with Crippen molar-refractivity contribution in [2.45, 2.75) is 6.42 Å². The molecule has 0 aromatic heterocycles. The predicted molar refractivity (Wildman–Crippen MR) is 75.0 cm³/mol. The van der Waals surface area contributed by atoms with Crippen LogP contribution in [0.4, 0.5) is 0 Å². The van der Waals surface area contributed by atoms with E-state index in [0.717, 1.165) is 15.6 Å². The Kier molecular flexibility index (Phi) is 2.95. The minimum atomic E-state index is -2.42. The maximum atomic E-state index is 7.04. The predicted octanol–water partition coefficient (Wildman–Crippen LogP) is 4.70. The Hall–Kier alpha value is -0.990. The Morgan fingerprint density at radius 2 is 2.00 bits per heavy atom. The van der Waals surface area contributed by atoms with Gasteiger partial charge in [-0.25, -0.2) is 0 Å². The number of benzene rings is 2. The fraction of sp³-hybridized carbons (Fsp3) is 0.143. The first-order chi connectivity index (χ1) is 9.33. The van der Waals surface area contributed by atoms with Crippen LogP contribution in [0.3, 0.4) is 0 Å². The van der Waals surface area contributed by atoms with Crippen LogP contribution in [0.15, 0.2) is 46.9 Å². The van der Waals surface area contributed by atoms with Gasteiger partial charge in [-0.1, -0.05) is 39.7 Å². The number of hydrogen-bond acceptors (Lipinski definition) is 1. The van der Waals surface area contributed by atoms with Gasteiger partial charge in [0, 0.05) is 9.50 Å². The molecule has 0 amide bonds. The topological polar surface area (TPSA) is 9.23 Å². The normalized spacial score (nSPS) is 13.6. The van der Waals surface area contributed by atoms with Gasteiger partial charge in [0.2, 0.25) is 0 Å². The minimum absolute atomic E-state index is 0.328. The van der Waals surface area contributed by atoms with Crippen molar-refractivity contribution >= 4 is 27.5 Å². The molecule has 0 aliphatic heterocycles. The largest absolute Gasteiger partial charge is 0.497 e. The molecule has 0 bridgehead atoms. The van der Waals surface area contributed by atoms with Crippen molar-refractivity contribution < 1.29 is 8.85 Å². The van der Waals surface area contributed by atoms with E-state index in [2.05, 4.69) is 15.9 Å². The van der Waals surface area contributed by atoms with Crippen LogP contribution in [0.1, 0.15) is 15.2 Å². The van der Waals surface area contributed by atoms with Crippen molar-refractivity contribution in [3.63, 3.8) is 0 Å². The fourth-order valence-electron chi connectivity index (χ4n) is 1.57. The van der Waals surface area contributed by atoms with Crippen LogP contribution in [-0.2, 0) is 6.42 Å². The maximum absolute atomic E-state index is 7.04. The number of methoxy groups -OCH3 is 1. The standard InChI is InChI=1S/C14H12BrClO/c1-17-13-5-2-10(3-6-13)8-11-9-12(15)4-7-14(11)16/h2-7,9H,8H2,1H3/i1D3. The molecular weight excluding hydrogens is 300 g/mol. The molecule has 0 N–H and O–H groups in total. The van der Waals surface area contributed by atoms with Crippen molar-refractivity contribution in [1.29, 1.82) is 0 Å². The number of rotatable bonds is 3. The van der Waals surface area contributed by atoms with Crippen LogP contribution in [-0.4, -0.2) is 7.04 Å². The van der Waals surface area contributed by atoms with Crippen LogP contribution in [0, 0.1) is 0 Å². The molecule has 0 atom stereocenters. The monoisotopic (exact) mass is 313 g/mol. The quantitative estimate of drug-likeness (QED) is 0.798. The Morgan fingerprint density at radius 3 is 2.71 bits per heavy atom. The summed E-state index contributed by atoms with van der Waals surface area (Å²) in [6.45, 7) is 0. The van der Waals surface area contributed by atoms with Gasteiger partial charge in [0.15, 0.2) is 0 Å². The first-order valence-corrected chi connectivity index (χ1v) is 6.22. The molecule has 0 spiro atoms. The number of ether oxygens (including phenoxy) is 1. The summed E-state index contributed by atoms with van der Waals surface area (Å²) in [7, 11) is -2.42. The van der Waals surface area contributed by atoms with E-state index in [1.807, 2.05) is 30.3 Å². The zero-order valence-corrected chi connectivity index (χ0v) is 11.3. The molecule has 1 nitrogen and oxygen atoms in total. The molecule has 17 heavy (non-hydrogen) atoms. The van der Waals surface area contributed by atoms with Gasteiger partial charge in [-0.05, 0) is 47.9 Å². The van der Waals surface area contributed by atoms with E-state index in [1.54, 1.807) is 12.1 Å². The molecule has 0 radical (unpaired) electrons. The number of halogens is 2. The summed E-state index contributed by atoms with van der Waals surface area (Å²) in [4.78, 5) is 0. The molecule has 0 aliphatic carbocycles. The molecule has 2 rings (SSSR count). The van der Waals surface area contributed by atoms with Crippen molar-refractivity contribution in [2.75, 3.05) is 7.04 Å². The third-order valence-corrected chi connectivity index (χ3v) is 3.31. The lowest BCUT2D eigenvalue weighted by molar-refractivity contribution is 0.414. The highest BCUT2D eigenvalue weighted by molar-refractivity contribution is 9.10. The third-order valence-electron chi connectivity index (χ3n) is 2.44. The summed E-state index contributed by atoms with van der Waals surface area (Å²) in [6, 6.07) is 12.7. The first-order valence-electron chi connectivity index (χ1n) is 6.55. The lowest BCUT2D eigenvalue weighted by atomic mass is 10.1. The molecule has 88 valence electrons. The van der Waals surface area contributed by atoms with E-state index in [0.29, 0.717) is 17.2 Å². The van der Waals surface area contributed by atoms with Gasteiger partial charge in [0.05, 0.1) is 11.2 Å². The molecule has 2 aromatic rings. The van der Waals surface area contributed by atoms with E-state index in [1.165, 1.54) is 0 Å². The van der Waals surface area contributed by atoms with Gasteiger partial charge in [-0.3, -0.25) is 0 Å². The second kappa shape index (κ2) is 5.56. The molecule has 0 unspecified atom stereocenters. The SMILES string of the molecule is [2H]C([2H])([2H])Oc1ccc(Cc2cc(Br)ccc2Cl)cc1. The zero-order chi connectivity index (χ0) is 14.8. The van der Waals surface area contributed by atoms with Gasteiger partial charge in [-0.2, -0.15) is 0 Å². The Balaban J connectivity index is 2.13.